The number of aryl methyl sites for hydroxylation is 1. The summed E-state index contributed by atoms with van der Waals surface area (Å²) in [6.45, 7) is 11.9. The van der Waals surface area contributed by atoms with Crippen molar-refractivity contribution in [3.05, 3.63) is 11.4 Å². The van der Waals surface area contributed by atoms with Gasteiger partial charge in [0.25, 0.3) is 0 Å². The Balaban J connectivity index is 1.98. The Bertz CT molecular complexity index is 545. The smallest absolute Gasteiger partial charge is 0.410 e. The van der Waals surface area contributed by atoms with Gasteiger partial charge in [0.2, 0.25) is 0 Å². The van der Waals surface area contributed by atoms with Gasteiger partial charge in [-0.05, 0) is 53.4 Å². The van der Waals surface area contributed by atoms with Crippen molar-refractivity contribution in [2.75, 3.05) is 18.8 Å². The minimum absolute atomic E-state index is 0.218. The van der Waals surface area contributed by atoms with Crippen LogP contribution < -0.4 is 5.73 Å². The zero-order chi connectivity index (χ0) is 16.5. The minimum atomic E-state index is -0.450. The number of hydrogen-bond acceptors (Lipinski definition) is 4. The number of rotatable bonds is 2. The van der Waals surface area contributed by atoms with Gasteiger partial charge >= 0.3 is 6.09 Å². The van der Waals surface area contributed by atoms with Crippen molar-refractivity contribution in [3.8, 4) is 0 Å². The van der Waals surface area contributed by atoms with E-state index in [1.807, 2.05) is 44.2 Å². The van der Waals surface area contributed by atoms with Crippen molar-refractivity contribution < 1.29 is 9.53 Å². The van der Waals surface area contributed by atoms with Crippen LogP contribution in [-0.2, 0) is 11.3 Å². The Labute approximate surface area is 132 Å². The second kappa shape index (κ2) is 6.18. The van der Waals surface area contributed by atoms with Gasteiger partial charge in [-0.15, -0.1) is 0 Å². The Morgan fingerprint density at radius 2 is 2.09 bits per heavy atom. The van der Waals surface area contributed by atoms with Crippen LogP contribution >= 0.6 is 0 Å². The van der Waals surface area contributed by atoms with Crippen LogP contribution in [0.4, 0.5) is 10.5 Å². The average molecular weight is 308 g/mol. The lowest BCUT2D eigenvalue weighted by Crippen LogP contribution is -2.43. The average Bonchev–Trinajstić information content (AvgIpc) is 2.65. The van der Waals surface area contributed by atoms with Gasteiger partial charge in [-0.1, -0.05) is 0 Å². The van der Waals surface area contributed by atoms with Crippen molar-refractivity contribution in [2.24, 2.45) is 5.92 Å². The maximum atomic E-state index is 12.2. The standard InChI is InChI=1S/C16H28N4O2/c1-11-14(17)12(2)20(18-11)10-13-7-6-8-19(9-13)15(21)22-16(3,4)5/h13H,6-10,17H2,1-5H3. The second-order valence-corrected chi connectivity index (χ2v) is 7.20. The fourth-order valence-electron chi connectivity index (χ4n) is 2.84. The maximum absolute atomic E-state index is 12.2. The van der Waals surface area contributed by atoms with Crippen LogP contribution in [0, 0.1) is 19.8 Å². The predicted octanol–water partition coefficient (Wildman–Crippen LogP) is 2.73. The van der Waals surface area contributed by atoms with E-state index in [2.05, 4.69) is 5.10 Å². The first-order chi connectivity index (χ1) is 10.2. The van der Waals surface area contributed by atoms with E-state index < -0.39 is 5.60 Å². The van der Waals surface area contributed by atoms with E-state index in [9.17, 15) is 4.79 Å². The van der Waals surface area contributed by atoms with Crippen molar-refractivity contribution in [3.63, 3.8) is 0 Å². The molecule has 0 saturated carbocycles. The Hall–Kier alpha value is -1.72. The lowest BCUT2D eigenvalue weighted by atomic mass is 9.98. The highest BCUT2D eigenvalue weighted by atomic mass is 16.6. The third-order valence-corrected chi connectivity index (χ3v) is 4.04. The van der Waals surface area contributed by atoms with E-state index in [1.165, 1.54) is 0 Å². The number of ether oxygens (including phenoxy) is 1. The van der Waals surface area contributed by atoms with Gasteiger partial charge in [0.15, 0.2) is 0 Å². The number of carbonyl (C=O) groups is 1. The largest absolute Gasteiger partial charge is 0.444 e. The topological polar surface area (TPSA) is 73.4 Å². The molecule has 1 aliphatic rings. The van der Waals surface area contributed by atoms with Crippen molar-refractivity contribution >= 4 is 11.8 Å². The van der Waals surface area contributed by atoms with Crippen LogP contribution in [0.3, 0.4) is 0 Å². The molecule has 0 spiro atoms. The third kappa shape index (κ3) is 3.93. The van der Waals surface area contributed by atoms with Crippen LogP contribution in [0.1, 0.15) is 45.0 Å². The molecular weight excluding hydrogens is 280 g/mol. The number of nitrogens with zero attached hydrogens (tertiary/aromatic N) is 3. The van der Waals surface area contributed by atoms with Crippen LogP contribution in [0.25, 0.3) is 0 Å². The van der Waals surface area contributed by atoms with Gasteiger partial charge in [0, 0.05) is 19.6 Å². The number of anilines is 1. The fourth-order valence-corrected chi connectivity index (χ4v) is 2.84. The summed E-state index contributed by atoms with van der Waals surface area (Å²) >= 11 is 0. The first-order valence-corrected chi connectivity index (χ1v) is 7.95. The lowest BCUT2D eigenvalue weighted by molar-refractivity contribution is 0.0155. The molecule has 0 aromatic carbocycles. The number of nitrogens with two attached hydrogens (primary N) is 1. The van der Waals surface area contributed by atoms with Crippen molar-refractivity contribution in [2.45, 2.75) is 59.6 Å². The van der Waals surface area contributed by atoms with Gasteiger partial charge in [-0.3, -0.25) is 4.68 Å². The van der Waals surface area contributed by atoms with E-state index in [-0.39, 0.29) is 6.09 Å². The van der Waals surface area contributed by atoms with Gasteiger partial charge < -0.3 is 15.4 Å². The number of hydrogen-bond donors (Lipinski definition) is 1. The summed E-state index contributed by atoms with van der Waals surface area (Å²) in [5.41, 5.74) is 8.18. The molecule has 1 fully saturated rings. The number of aromatic nitrogens is 2. The molecule has 1 aromatic heterocycles. The van der Waals surface area contributed by atoms with Gasteiger partial charge in [0.05, 0.1) is 17.1 Å². The molecule has 6 heteroatoms. The van der Waals surface area contributed by atoms with E-state index in [0.717, 1.165) is 43.0 Å². The molecule has 0 bridgehead atoms. The van der Waals surface area contributed by atoms with Gasteiger partial charge in [-0.2, -0.15) is 5.10 Å². The maximum Gasteiger partial charge on any atom is 0.410 e. The second-order valence-electron chi connectivity index (χ2n) is 7.20. The molecule has 0 aliphatic carbocycles. The SMILES string of the molecule is Cc1nn(CC2CCCN(C(=O)OC(C)(C)C)C2)c(C)c1N. The highest BCUT2D eigenvalue weighted by Crippen LogP contribution is 2.23. The summed E-state index contributed by atoms with van der Waals surface area (Å²) in [5.74, 6) is 0.388. The molecule has 1 atom stereocenters. The van der Waals surface area contributed by atoms with Crippen molar-refractivity contribution in [1.29, 1.82) is 0 Å². The van der Waals surface area contributed by atoms with Crippen LogP contribution in [-0.4, -0.2) is 39.5 Å². The highest BCUT2D eigenvalue weighted by molar-refractivity contribution is 5.68. The van der Waals surface area contributed by atoms with Crippen LogP contribution in [0.2, 0.25) is 0 Å². The fraction of sp³-hybridized carbons (Fsp3) is 0.750. The number of nitrogen functional groups attached to an aromatic ring is 1. The van der Waals surface area contributed by atoms with Gasteiger partial charge in [0.1, 0.15) is 5.60 Å². The molecule has 1 unspecified atom stereocenters. The Morgan fingerprint density at radius 1 is 1.41 bits per heavy atom. The Morgan fingerprint density at radius 3 is 2.64 bits per heavy atom. The molecule has 2 N–H and O–H groups in total. The van der Waals surface area contributed by atoms with Gasteiger partial charge in [-0.25, -0.2) is 4.79 Å². The molecule has 1 amide bonds. The summed E-state index contributed by atoms with van der Waals surface area (Å²) in [6, 6.07) is 0. The number of carbonyl (C=O) groups excluding carboxylic acids is 1. The molecular formula is C16H28N4O2. The number of likely N-dealkylation sites (tertiary alicyclic amines) is 1. The third-order valence-electron chi connectivity index (χ3n) is 4.04. The number of amides is 1. The minimum Gasteiger partial charge on any atom is -0.444 e. The first kappa shape index (κ1) is 16.6. The molecule has 22 heavy (non-hydrogen) atoms. The molecule has 1 aliphatic heterocycles. The summed E-state index contributed by atoms with van der Waals surface area (Å²) in [7, 11) is 0. The monoisotopic (exact) mass is 308 g/mol. The molecule has 1 saturated heterocycles. The molecule has 0 radical (unpaired) electrons. The zero-order valence-corrected chi connectivity index (χ0v) is 14.3. The lowest BCUT2D eigenvalue weighted by Gasteiger charge is -2.34. The predicted molar refractivity (Wildman–Crippen MR) is 86.6 cm³/mol. The molecule has 6 nitrogen and oxygen atoms in total. The zero-order valence-electron chi connectivity index (χ0n) is 14.3. The van der Waals surface area contributed by atoms with E-state index >= 15 is 0 Å². The van der Waals surface area contributed by atoms with E-state index in [4.69, 9.17) is 10.5 Å². The quantitative estimate of drug-likeness (QED) is 0.911. The number of piperidine rings is 1. The summed E-state index contributed by atoms with van der Waals surface area (Å²) < 4.78 is 7.43. The molecule has 2 heterocycles. The summed E-state index contributed by atoms with van der Waals surface area (Å²) in [4.78, 5) is 14.0. The molecule has 1 aromatic rings. The van der Waals surface area contributed by atoms with E-state index in [1.54, 1.807) is 0 Å². The normalized spacial score (nSPS) is 19.3. The van der Waals surface area contributed by atoms with E-state index in [0.29, 0.717) is 12.5 Å². The highest BCUT2D eigenvalue weighted by Gasteiger charge is 2.28. The first-order valence-electron chi connectivity index (χ1n) is 7.95. The summed E-state index contributed by atoms with van der Waals surface area (Å²) in [5, 5.41) is 4.49. The Kier molecular flexibility index (Phi) is 4.68. The molecule has 2 rings (SSSR count). The van der Waals surface area contributed by atoms with Crippen LogP contribution in [0.5, 0.6) is 0 Å². The summed E-state index contributed by atoms with van der Waals surface area (Å²) in [6.07, 6.45) is 1.88. The molecule has 124 valence electrons. The van der Waals surface area contributed by atoms with Crippen molar-refractivity contribution in [1.82, 2.24) is 14.7 Å². The van der Waals surface area contributed by atoms with Crippen LogP contribution in [0.15, 0.2) is 0 Å².